The first-order chi connectivity index (χ1) is 10.2. The SMILES string of the molecule is CC1(c2ccccc2)CCN(C(=O)C2CCNCC2)CC1.Cl. The molecule has 2 heterocycles. The molecule has 0 saturated carbocycles. The predicted octanol–water partition coefficient (Wildman–Crippen LogP) is 2.99. The van der Waals surface area contributed by atoms with Crippen LogP contribution in [0, 0.1) is 5.92 Å². The van der Waals surface area contributed by atoms with E-state index in [1.165, 1.54) is 5.56 Å². The Labute approximate surface area is 139 Å². The van der Waals surface area contributed by atoms with E-state index in [1.807, 2.05) is 0 Å². The van der Waals surface area contributed by atoms with Crippen LogP contribution in [0.5, 0.6) is 0 Å². The van der Waals surface area contributed by atoms with Crippen LogP contribution < -0.4 is 5.32 Å². The number of piperidine rings is 2. The van der Waals surface area contributed by atoms with Crippen LogP contribution in [0.3, 0.4) is 0 Å². The van der Waals surface area contributed by atoms with Gasteiger partial charge in [-0.3, -0.25) is 4.79 Å². The molecule has 1 N–H and O–H groups in total. The molecular weight excluding hydrogens is 296 g/mol. The number of nitrogens with one attached hydrogen (secondary N) is 1. The zero-order valence-corrected chi connectivity index (χ0v) is 14.2. The van der Waals surface area contributed by atoms with E-state index in [9.17, 15) is 4.79 Å². The Morgan fingerprint density at radius 1 is 1.14 bits per heavy atom. The Morgan fingerprint density at radius 2 is 1.73 bits per heavy atom. The first-order valence-corrected chi connectivity index (χ1v) is 8.24. The summed E-state index contributed by atoms with van der Waals surface area (Å²) in [5, 5.41) is 3.34. The van der Waals surface area contributed by atoms with Crippen molar-refractivity contribution < 1.29 is 4.79 Å². The highest BCUT2D eigenvalue weighted by atomic mass is 35.5. The smallest absolute Gasteiger partial charge is 0.225 e. The van der Waals surface area contributed by atoms with Crippen molar-refractivity contribution in [2.24, 2.45) is 5.92 Å². The quantitative estimate of drug-likeness (QED) is 0.908. The third-order valence-electron chi connectivity index (χ3n) is 5.34. The Hall–Kier alpha value is -1.06. The van der Waals surface area contributed by atoms with Gasteiger partial charge in [0.25, 0.3) is 0 Å². The van der Waals surface area contributed by atoms with Gasteiger partial charge in [0.05, 0.1) is 0 Å². The third-order valence-corrected chi connectivity index (χ3v) is 5.34. The second kappa shape index (κ2) is 7.47. The summed E-state index contributed by atoms with van der Waals surface area (Å²) < 4.78 is 0. The minimum Gasteiger partial charge on any atom is -0.342 e. The third kappa shape index (κ3) is 3.64. The number of carbonyl (C=O) groups is 1. The molecular formula is C18H27ClN2O. The number of carbonyl (C=O) groups excluding carboxylic acids is 1. The molecule has 0 spiro atoms. The number of rotatable bonds is 2. The Bertz CT molecular complexity index is 477. The molecule has 0 aromatic heterocycles. The molecule has 3 rings (SSSR count). The second-order valence-electron chi connectivity index (χ2n) is 6.78. The van der Waals surface area contributed by atoms with E-state index in [-0.39, 0.29) is 23.7 Å². The molecule has 1 aromatic rings. The van der Waals surface area contributed by atoms with Crippen molar-refractivity contribution in [1.29, 1.82) is 0 Å². The van der Waals surface area contributed by atoms with Crippen molar-refractivity contribution in [3.8, 4) is 0 Å². The van der Waals surface area contributed by atoms with Crippen LogP contribution in [0.1, 0.15) is 38.2 Å². The van der Waals surface area contributed by atoms with Gasteiger partial charge >= 0.3 is 0 Å². The molecule has 3 nitrogen and oxygen atoms in total. The number of hydrogen-bond acceptors (Lipinski definition) is 2. The summed E-state index contributed by atoms with van der Waals surface area (Å²) in [7, 11) is 0. The van der Waals surface area contributed by atoms with E-state index in [4.69, 9.17) is 0 Å². The van der Waals surface area contributed by atoms with E-state index in [2.05, 4.69) is 47.5 Å². The average molecular weight is 323 g/mol. The normalized spacial score (nSPS) is 22.0. The van der Waals surface area contributed by atoms with Gasteiger partial charge in [-0.2, -0.15) is 0 Å². The molecule has 2 fully saturated rings. The zero-order chi connectivity index (χ0) is 14.7. The summed E-state index contributed by atoms with van der Waals surface area (Å²) in [6, 6.07) is 10.8. The average Bonchev–Trinajstić information content (AvgIpc) is 2.57. The summed E-state index contributed by atoms with van der Waals surface area (Å²) in [6.07, 6.45) is 4.16. The lowest BCUT2D eigenvalue weighted by Gasteiger charge is -2.41. The van der Waals surface area contributed by atoms with Gasteiger partial charge in [-0.05, 0) is 49.8 Å². The highest BCUT2D eigenvalue weighted by molar-refractivity contribution is 5.85. The van der Waals surface area contributed by atoms with Gasteiger partial charge in [0.2, 0.25) is 5.91 Å². The zero-order valence-electron chi connectivity index (χ0n) is 13.4. The molecule has 0 radical (unpaired) electrons. The highest BCUT2D eigenvalue weighted by Gasteiger charge is 2.35. The summed E-state index contributed by atoms with van der Waals surface area (Å²) in [5.41, 5.74) is 1.64. The predicted molar refractivity (Wildman–Crippen MR) is 92.4 cm³/mol. The Kier molecular flexibility index (Phi) is 5.87. The summed E-state index contributed by atoms with van der Waals surface area (Å²) in [5.74, 6) is 0.652. The van der Waals surface area contributed by atoms with Crippen molar-refractivity contribution in [3.63, 3.8) is 0 Å². The summed E-state index contributed by atoms with van der Waals surface area (Å²) in [4.78, 5) is 14.7. The fourth-order valence-electron chi connectivity index (χ4n) is 3.68. The maximum Gasteiger partial charge on any atom is 0.225 e. The lowest BCUT2D eigenvalue weighted by atomic mass is 9.74. The fourth-order valence-corrected chi connectivity index (χ4v) is 3.68. The second-order valence-corrected chi connectivity index (χ2v) is 6.78. The van der Waals surface area contributed by atoms with Crippen LogP contribution in [0.4, 0.5) is 0 Å². The van der Waals surface area contributed by atoms with Crippen molar-refractivity contribution in [2.45, 2.75) is 38.0 Å². The fraction of sp³-hybridized carbons (Fsp3) is 0.611. The number of halogens is 1. The van der Waals surface area contributed by atoms with Gasteiger partial charge < -0.3 is 10.2 Å². The molecule has 2 aliphatic heterocycles. The molecule has 22 heavy (non-hydrogen) atoms. The minimum absolute atomic E-state index is 0. The van der Waals surface area contributed by atoms with Crippen LogP contribution >= 0.6 is 12.4 Å². The van der Waals surface area contributed by atoms with Gasteiger partial charge in [0.15, 0.2) is 0 Å². The largest absolute Gasteiger partial charge is 0.342 e. The van der Waals surface area contributed by atoms with Gasteiger partial charge in [0, 0.05) is 19.0 Å². The number of likely N-dealkylation sites (tertiary alicyclic amines) is 1. The topological polar surface area (TPSA) is 32.3 Å². The van der Waals surface area contributed by atoms with E-state index in [1.54, 1.807) is 0 Å². The molecule has 0 unspecified atom stereocenters. The maximum absolute atomic E-state index is 12.6. The van der Waals surface area contributed by atoms with E-state index >= 15 is 0 Å². The van der Waals surface area contributed by atoms with Crippen molar-refractivity contribution in [1.82, 2.24) is 10.2 Å². The Balaban J connectivity index is 0.00000176. The number of nitrogens with zero attached hydrogens (tertiary/aromatic N) is 1. The van der Waals surface area contributed by atoms with Gasteiger partial charge in [-0.15, -0.1) is 12.4 Å². The number of hydrogen-bond donors (Lipinski definition) is 1. The van der Waals surface area contributed by atoms with E-state index in [0.29, 0.717) is 5.91 Å². The van der Waals surface area contributed by atoms with Crippen LogP contribution in [0.15, 0.2) is 30.3 Å². The van der Waals surface area contributed by atoms with Gasteiger partial charge in [-0.1, -0.05) is 37.3 Å². The van der Waals surface area contributed by atoms with Crippen LogP contribution in [0.2, 0.25) is 0 Å². The molecule has 1 amide bonds. The first kappa shape index (κ1) is 17.3. The van der Waals surface area contributed by atoms with E-state index < -0.39 is 0 Å². The maximum atomic E-state index is 12.6. The van der Waals surface area contributed by atoms with Crippen LogP contribution in [-0.2, 0) is 10.2 Å². The Morgan fingerprint density at radius 3 is 2.32 bits per heavy atom. The summed E-state index contributed by atoms with van der Waals surface area (Å²) >= 11 is 0. The van der Waals surface area contributed by atoms with Gasteiger partial charge in [0.1, 0.15) is 0 Å². The number of benzene rings is 1. The highest BCUT2D eigenvalue weighted by Crippen LogP contribution is 2.35. The van der Waals surface area contributed by atoms with Crippen molar-refractivity contribution in [2.75, 3.05) is 26.2 Å². The standard InChI is InChI=1S/C18H26N2O.ClH/c1-18(16-5-3-2-4-6-16)9-13-20(14-10-18)17(21)15-7-11-19-12-8-15;/h2-6,15,19H,7-14H2,1H3;1H. The van der Waals surface area contributed by atoms with Gasteiger partial charge in [-0.25, -0.2) is 0 Å². The lowest BCUT2D eigenvalue weighted by molar-refractivity contribution is -0.137. The lowest BCUT2D eigenvalue weighted by Crippen LogP contribution is -2.47. The first-order valence-electron chi connectivity index (χ1n) is 8.24. The van der Waals surface area contributed by atoms with Crippen LogP contribution in [-0.4, -0.2) is 37.0 Å². The monoisotopic (exact) mass is 322 g/mol. The van der Waals surface area contributed by atoms with E-state index in [0.717, 1.165) is 51.9 Å². The molecule has 0 atom stereocenters. The molecule has 1 aromatic carbocycles. The van der Waals surface area contributed by atoms with Crippen molar-refractivity contribution >= 4 is 18.3 Å². The van der Waals surface area contributed by atoms with Crippen LogP contribution in [0.25, 0.3) is 0 Å². The molecule has 0 bridgehead atoms. The summed E-state index contributed by atoms with van der Waals surface area (Å²) in [6.45, 7) is 6.15. The molecule has 4 heteroatoms. The minimum atomic E-state index is 0. The number of amides is 1. The van der Waals surface area contributed by atoms with Crippen molar-refractivity contribution in [3.05, 3.63) is 35.9 Å². The molecule has 2 saturated heterocycles. The molecule has 0 aliphatic carbocycles. The molecule has 122 valence electrons. The molecule has 2 aliphatic rings.